The topological polar surface area (TPSA) is 61.8 Å². The Labute approximate surface area is 217 Å². The van der Waals surface area contributed by atoms with Crippen LogP contribution in [0.15, 0.2) is 36.5 Å². The molecule has 3 saturated heterocycles. The lowest BCUT2D eigenvalue weighted by Crippen LogP contribution is -2.36. The van der Waals surface area contributed by atoms with E-state index in [2.05, 4.69) is 21.9 Å². The molecule has 1 amide bonds. The molecule has 190 valence electrons. The molecule has 0 unspecified atom stereocenters. The molecule has 2 aromatic heterocycles. The lowest BCUT2D eigenvalue weighted by Gasteiger charge is -2.31. The van der Waals surface area contributed by atoms with Crippen LogP contribution in [0.5, 0.6) is 0 Å². The summed E-state index contributed by atoms with van der Waals surface area (Å²) in [5.41, 5.74) is 2.20. The average Bonchev–Trinajstić information content (AvgIpc) is 3.67. The number of nitrogens with zero attached hydrogens (tertiary/aromatic N) is 5. The van der Waals surface area contributed by atoms with E-state index in [9.17, 15) is 4.79 Å². The summed E-state index contributed by atoms with van der Waals surface area (Å²) in [7, 11) is 0. The number of amides is 1. The quantitative estimate of drug-likeness (QED) is 0.409. The Hall–Kier alpha value is -2.55. The number of ether oxygens (including phenoxy) is 1. The van der Waals surface area contributed by atoms with Crippen LogP contribution in [-0.4, -0.2) is 73.3 Å². The van der Waals surface area contributed by atoms with Gasteiger partial charge in [-0.05, 0) is 56.7 Å². The largest absolute Gasteiger partial charge is 0.380 e. The van der Waals surface area contributed by atoms with Crippen molar-refractivity contribution < 1.29 is 9.53 Å². The Morgan fingerprint density at radius 1 is 1.00 bits per heavy atom. The van der Waals surface area contributed by atoms with Crippen LogP contribution in [-0.2, 0) is 9.53 Å². The van der Waals surface area contributed by atoms with Gasteiger partial charge in [0.2, 0.25) is 11.9 Å². The Bertz CT molecular complexity index is 1190. The maximum absolute atomic E-state index is 12.6. The van der Waals surface area contributed by atoms with Gasteiger partial charge in [0.25, 0.3) is 0 Å². The summed E-state index contributed by atoms with van der Waals surface area (Å²) in [6.07, 6.45) is 8.39. The smallest absolute Gasteiger partial charge is 0.227 e. The lowest BCUT2D eigenvalue weighted by atomic mass is 9.98. The summed E-state index contributed by atoms with van der Waals surface area (Å²) in [4.78, 5) is 30.1. The first kappa shape index (κ1) is 23.8. The molecule has 5 heterocycles. The third kappa shape index (κ3) is 4.99. The highest BCUT2D eigenvalue weighted by Crippen LogP contribution is 2.45. The third-order valence-corrected chi connectivity index (χ3v) is 8.92. The molecule has 0 spiro atoms. The van der Waals surface area contributed by atoms with Gasteiger partial charge in [0.05, 0.1) is 6.61 Å². The molecule has 36 heavy (non-hydrogen) atoms. The van der Waals surface area contributed by atoms with Gasteiger partial charge in [-0.3, -0.25) is 4.79 Å². The van der Waals surface area contributed by atoms with Crippen molar-refractivity contribution in [1.82, 2.24) is 14.9 Å². The van der Waals surface area contributed by atoms with E-state index in [1.807, 2.05) is 29.3 Å². The van der Waals surface area contributed by atoms with Gasteiger partial charge in [-0.15, -0.1) is 0 Å². The van der Waals surface area contributed by atoms with Gasteiger partial charge >= 0.3 is 0 Å². The fraction of sp³-hybridized carbons (Fsp3) is 0.536. The van der Waals surface area contributed by atoms with Gasteiger partial charge < -0.3 is 19.4 Å². The average molecular weight is 506 g/mol. The molecule has 6 rings (SSSR count). The van der Waals surface area contributed by atoms with Crippen LogP contribution in [0.4, 0.5) is 10.9 Å². The van der Waals surface area contributed by atoms with Crippen LogP contribution in [0, 0.1) is 5.92 Å². The predicted octanol–water partition coefficient (Wildman–Crippen LogP) is 4.81. The summed E-state index contributed by atoms with van der Waals surface area (Å²) in [5.74, 6) is 1.62. The number of carbonyl (C=O) groups is 1. The van der Waals surface area contributed by atoms with Crippen molar-refractivity contribution in [2.24, 2.45) is 5.92 Å². The number of anilines is 2. The summed E-state index contributed by atoms with van der Waals surface area (Å²) >= 11 is 1.63. The van der Waals surface area contributed by atoms with Crippen LogP contribution in [0.1, 0.15) is 38.5 Å². The van der Waals surface area contributed by atoms with Crippen LogP contribution < -0.4 is 9.80 Å². The molecular formula is C28H35N5O2S. The molecule has 0 N–H and O–H groups in total. The van der Waals surface area contributed by atoms with Crippen molar-refractivity contribution >= 4 is 38.4 Å². The number of benzene rings is 1. The van der Waals surface area contributed by atoms with Gasteiger partial charge in [-0.2, -0.15) is 0 Å². The van der Waals surface area contributed by atoms with Crippen LogP contribution in [0.25, 0.3) is 21.3 Å². The molecule has 0 aliphatic carbocycles. The van der Waals surface area contributed by atoms with Crippen LogP contribution in [0.3, 0.4) is 0 Å². The molecule has 8 heteroatoms. The molecule has 1 aromatic carbocycles. The number of piperidine rings is 1. The van der Waals surface area contributed by atoms with Crippen LogP contribution in [0.2, 0.25) is 0 Å². The minimum absolute atomic E-state index is 0.205. The van der Waals surface area contributed by atoms with Crippen molar-refractivity contribution in [3.05, 3.63) is 36.5 Å². The lowest BCUT2D eigenvalue weighted by molar-refractivity contribution is -0.117. The standard InChI is InChI=1S/C28H35N5O2S/c34-24-9-6-14-33(24)27-25(22-7-2-1-3-8-22)23-19-29-28(30-26(23)36-27)32-15-10-21(11-16-32)20-35-18-17-31-12-4-5-13-31/h1-3,7-8,19,21H,4-6,9-18,20H2. The number of carbonyl (C=O) groups excluding carboxylic acids is 1. The zero-order valence-electron chi connectivity index (χ0n) is 20.9. The molecule has 3 aliphatic rings. The molecule has 3 fully saturated rings. The van der Waals surface area contributed by atoms with Crippen LogP contribution >= 0.6 is 11.3 Å². The number of fused-ring (bicyclic) bond motifs is 1. The predicted molar refractivity (Wildman–Crippen MR) is 146 cm³/mol. The Morgan fingerprint density at radius 3 is 2.56 bits per heavy atom. The van der Waals surface area contributed by atoms with Crippen molar-refractivity contribution in [3.8, 4) is 11.1 Å². The minimum atomic E-state index is 0.205. The second-order valence-electron chi connectivity index (χ2n) is 10.2. The maximum Gasteiger partial charge on any atom is 0.227 e. The molecule has 0 bridgehead atoms. The first-order valence-electron chi connectivity index (χ1n) is 13.5. The van der Waals surface area contributed by atoms with E-state index in [-0.39, 0.29) is 5.91 Å². The Balaban J connectivity index is 1.14. The molecule has 0 atom stereocenters. The Kier molecular flexibility index (Phi) is 7.16. The molecule has 3 aromatic rings. The number of hydrogen-bond acceptors (Lipinski definition) is 7. The van der Waals surface area contributed by atoms with E-state index in [4.69, 9.17) is 14.7 Å². The highest BCUT2D eigenvalue weighted by Gasteiger charge is 2.29. The van der Waals surface area contributed by atoms with E-state index in [0.29, 0.717) is 12.3 Å². The first-order valence-corrected chi connectivity index (χ1v) is 14.3. The zero-order chi connectivity index (χ0) is 24.3. The normalized spacial score (nSPS) is 19.7. The van der Waals surface area contributed by atoms with Gasteiger partial charge in [0.15, 0.2) is 0 Å². The van der Waals surface area contributed by atoms with Gasteiger partial charge in [-0.25, -0.2) is 9.97 Å². The van der Waals surface area contributed by atoms with Crippen molar-refractivity contribution in [1.29, 1.82) is 0 Å². The number of rotatable bonds is 8. The highest BCUT2D eigenvalue weighted by atomic mass is 32.1. The van der Waals surface area contributed by atoms with E-state index in [1.165, 1.54) is 25.9 Å². The van der Waals surface area contributed by atoms with Crippen molar-refractivity contribution in [2.45, 2.75) is 38.5 Å². The second kappa shape index (κ2) is 10.8. The number of thiophene rings is 1. The van der Waals surface area contributed by atoms with Gasteiger partial charge in [0.1, 0.15) is 9.83 Å². The van der Waals surface area contributed by atoms with Gasteiger partial charge in [0, 0.05) is 56.4 Å². The van der Waals surface area contributed by atoms with E-state index < -0.39 is 0 Å². The molecule has 0 radical (unpaired) electrons. The summed E-state index contributed by atoms with van der Waals surface area (Å²) < 4.78 is 6.03. The van der Waals surface area contributed by atoms with E-state index >= 15 is 0 Å². The SMILES string of the molecule is O=C1CCCN1c1sc2nc(N3CCC(COCCN4CCCC4)CC3)ncc2c1-c1ccccc1. The first-order chi connectivity index (χ1) is 17.8. The maximum atomic E-state index is 12.6. The van der Waals surface area contributed by atoms with Gasteiger partial charge in [-0.1, -0.05) is 41.7 Å². The van der Waals surface area contributed by atoms with E-state index in [0.717, 1.165) is 90.9 Å². The fourth-order valence-corrected chi connectivity index (χ4v) is 6.91. The van der Waals surface area contributed by atoms with Crippen molar-refractivity contribution in [2.75, 3.05) is 62.3 Å². The molecule has 3 aliphatic heterocycles. The summed E-state index contributed by atoms with van der Waals surface area (Å²) in [6, 6.07) is 10.3. The fourth-order valence-electron chi connectivity index (χ4n) is 5.70. The number of hydrogen-bond donors (Lipinski definition) is 0. The van der Waals surface area contributed by atoms with E-state index in [1.54, 1.807) is 11.3 Å². The molecule has 0 saturated carbocycles. The molecule has 7 nitrogen and oxygen atoms in total. The monoisotopic (exact) mass is 505 g/mol. The number of aromatic nitrogens is 2. The highest BCUT2D eigenvalue weighted by molar-refractivity contribution is 7.23. The third-order valence-electron chi connectivity index (χ3n) is 7.80. The second-order valence-corrected chi connectivity index (χ2v) is 11.2. The summed E-state index contributed by atoms with van der Waals surface area (Å²) in [6.45, 7) is 7.95. The Morgan fingerprint density at radius 2 is 1.81 bits per heavy atom. The summed E-state index contributed by atoms with van der Waals surface area (Å²) in [5, 5.41) is 2.04. The molecular weight excluding hydrogens is 470 g/mol. The van der Waals surface area contributed by atoms with Crippen molar-refractivity contribution in [3.63, 3.8) is 0 Å². The minimum Gasteiger partial charge on any atom is -0.380 e. The number of likely N-dealkylation sites (tertiary alicyclic amines) is 1. The zero-order valence-corrected chi connectivity index (χ0v) is 21.7.